The number of rotatable bonds is 2. The fourth-order valence-electron chi connectivity index (χ4n) is 2.30. The Morgan fingerprint density at radius 2 is 2.05 bits per heavy atom. The molecule has 0 aliphatic carbocycles. The molecule has 1 fully saturated rings. The van der Waals surface area contributed by atoms with Crippen LogP contribution in [0.25, 0.3) is 0 Å². The van der Waals surface area contributed by atoms with E-state index in [0.29, 0.717) is 30.4 Å². The fraction of sp³-hybridized carbons (Fsp3) is 0.429. The number of carbonyl (C=O) groups is 1. The Hall–Kier alpha value is -1.94. The van der Waals surface area contributed by atoms with E-state index < -0.39 is 4.92 Å². The van der Waals surface area contributed by atoms with Crippen LogP contribution in [0.1, 0.15) is 30.1 Å². The number of nitro groups is 1. The van der Waals surface area contributed by atoms with Crippen molar-refractivity contribution in [1.29, 1.82) is 5.26 Å². The number of piperidine rings is 1. The van der Waals surface area contributed by atoms with Gasteiger partial charge in [-0.1, -0.05) is 15.9 Å². The third-order valence-corrected chi connectivity index (χ3v) is 4.22. The quantitative estimate of drug-likeness (QED) is 0.604. The van der Waals surface area contributed by atoms with Crippen molar-refractivity contribution < 1.29 is 9.72 Å². The first-order chi connectivity index (χ1) is 9.84. The summed E-state index contributed by atoms with van der Waals surface area (Å²) in [6.07, 6.45) is 1.23. The first kappa shape index (κ1) is 15.4. The SMILES string of the molecule is CC1(C#N)CCN(C(=O)c2cc(Br)cc([N+](=O)[O-])c2)CC1. The molecule has 1 amide bonds. The van der Waals surface area contributed by atoms with Gasteiger partial charge in [-0.25, -0.2) is 0 Å². The molecule has 1 aromatic carbocycles. The van der Waals surface area contributed by atoms with Crippen molar-refractivity contribution in [1.82, 2.24) is 4.90 Å². The van der Waals surface area contributed by atoms with E-state index in [0.717, 1.165) is 0 Å². The molecule has 2 rings (SSSR count). The molecule has 1 aliphatic rings. The first-order valence-electron chi connectivity index (χ1n) is 6.50. The van der Waals surface area contributed by atoms with Gasteiger partial charge in [0.05, 0.1) is 16.4 Å². The van der Waals surface area contributed by atoms with Gasteiger partial charge in [0.25, 0.3) is 11.6 Å². The Labute approximate surface area is 130 Å². The minimum absolute atomic E-state index is 0.119. The summed E-state index contributed by atoms with van der Waals surface area (Å²) in [5, 5.41) is 19.9. The zero-order valence-corrected chi connectivity index (χ0v) is 13.1. The minimum Gasteiger partial charge on any atom is -0.339 e. The topological polar surface area (TPSA) is 87.2 Å². The van der Waals surface area contributed by atoms with Crippen LogP contribution in [-0.4, -0.2) is 28.8 Å². The predicted octanol–water partition coefficient (Wildman–Crippen LogP) is 3.12. The second-order valence-corrected chi connectivity index (χ2v) is 6.34. The summed E-state index contributed by atoms with van der Waals surface area (Å²) in [6.45, 7) is 2.87. The summed E-state index contributed by atoms with van der Waals surface area (Å²) in [7, 11) is 0. The minimum atomic E-state index is -0.523. The summed E-state index contributed by atoms with van der Waals surface area (Å²) in [6, 6.07) is 6.50. The van der Waals surface area contributed by atoms with Gasteiger partial charge < -0.3 is 4.90 Å². The molecule has 0 radical (unpaired) electrons. The molecule has 0 atom stereocenters. The van der Waals surface area contributed by atoms with Crippen LogP contribution in [0, 0.1) is 26.9 Å². The molecule has 21 heavy (non-hydrogen) atoms. The van der Waals surface area contributed by atoms with Gasteiger partial charge in [0, 0.05) is 35.3 Å². The van der Waals surface area contributed by atoms with Crippen molar-refractivity contribution in [2.45, 2.75) is 19.8 Å². The highest BCUT2D eigenvalue weighted by Gasteiger charge is 2.32. The van der Waals surface area contributed by atoms with Crippen molar-refractivity contribution in [3.05, 3.63) is 38.3 Å². The fourth-order valence-corrected chi connectivity index (χ4v) is 2.78. The molecule has 0 aromatic heterocycles. The predicted molar refractivity (Wildman–Crippen MR) is 79.7 cm³/mol. The van der Waals surface area contributed by atoms with Gasteiger partial charge in [-0.05, 0) is 25.8 Å². The number of hydrogen-bond acceptors (Lipinski definition) is 4. The van der Waals surface area contributed by atoms with Crippen LogP contribution in [-0.2, 0) is 0 Å². The Kier molecular flexibility index (Phi) is 4.28. The monoisotopic (exact) mass is 351 g/mol. The molecule has 110 valence electrons. The Balaban J connectivity index is 2.18. The molecule has 1 saturated heterocycles. The van der Waals surface area contributed by atoms with Crippen molar-refractivity contribution in [2.75, 3.05) is 13.1 Å². The molecule has 6 nitrogen and oxygen atoms in total. The molecule has 1 aliphatic heterocycles. The highest BCUT2D eigenvalue weighted by Crippen LogP contribution is 2.31. The molecule has 0 bridgehead atoms. The lowest BCUT2D eigenvalue weighted by atomic mass is 9.82. The van der Waals surface area contributed by atoms with Crippen LogP contribution >= 0.6 is 15.9 Å². The van der Waals surface area contributed by atoms with Gasteiger partial charge in [-0.2, -0.15) is 5.26 Å². The highest BCUT2D eigenvalue weighted by atomic mass is 79.9. The molecule has 1 heterocycles. The number of nitriles is 1. The number of carbonyl (C=O) groups excluding carboxylic acids is 1. The van der Waals surface area contributed by atoms with Crippen molar-refractivity contribution in [3.8, 4) is 6.07 Å². The van der Waals surface area contributed by atoms with E-state index in [1.54, 1.807) is 11.0 Å². The van der Waals surface area contributed by atoms with Crippen LogP contribution in [0.2, 0.25) is 0 Å². The molecule has 0 saturated carbocycles. The number of nitrogens with zero attached hydrogens (tertiary/aromatic N) is 3. The van der Waals surface area contributed by atoms with E-state index in [2.05, 4.69) is 22.0 Å². The van der Waals surface area contributed by atoms with Gasteiger partial charge in [0.1, 0.15) is 0 Å². The lowest BCUT2D eigenvalue weighted by Gasteiger charge is -2.34. The van der Waals surface area contributed by atoms with E-state index in [1.165, 1.54) is 12.1 Å². The number of non-ortho nitro benzene ring substituents is 1. The number of nitro benzene ring substituents is 1. The molecule has 0 spiro atoms. The average Bonchev–Trinajstić information content (AvgIpc) is 2.46. The van der Waals surface area contributed by atoms with Crippen molar-refractivity contribution >= 4 is 27.5 Å². The number of likely N-dealkylation sites (tertiary alicyclic amines) is 1. The molecule has 0 N–H and O–H groups in total. The molecule has 1 aromatic rings. The van der Waals surface area contributed by atoms with Gasteiger partial charge in [-0.3, -0.25) is 14.9 Å². The lowest BCUT2D eigenvalue weighted by Crippen LogP contribution is -2.41. The number of hydrogen-bond donors (Lipinski definition) is 0. The Bertz CT molecular complexity index is 631. The van der Waals surface area contributed by atoms with E-state index in [9.17, 15) is 14.9 Å². The van der Waals surface area contributed by atoms with Crippen LogP contribution in [0.5, 0.6) is 0 Å². The maximum atomic E-state index is 12.4. The number of amides is 1. The maximum absolute atomic E-state index is 12.4. The van der Waals surface area contributed by atoms with Gasteiger partial charge in [0.15, 0.2) is 0 Å². The average molecular weight is 352 g/mol. The van der Waals surface area contributed by atoms with E-state index >= 15 is 0 Å². The molecule has 0 unspecified atom stereocenters. The summed E-state index contributed by atoms with van der Waals surface area (Å²) < 4.78 is 0.499. The second kappa shape index (κ2) is 5.82. The first-order valence-corrected chi connectivity index (χ1v) is 7.29. The van der Waals surface area contributed by atoms with Crippen LogP contribution < -0.4 is 0 Å². The Morgan fingerprint density at radius 1 is 1.43 bits per heavy atom. The molecular formula is C14H14BrN3O3. The molecular weight excluding hydrogens is 338 g/mol. The van der Waals surface area contributed by atoms with Gasteiger partial charge in [-0.15, -0.1) is 0 Å². The number of benzene rings is 1. The lowest BCUT2D eigenvalue weighted by molar-refractivity contribution is -0.385. The van der Waals surface area contributed by atoms with Gasteiger partial charge in [0.2, 0.25) is 0 Å². The maximum Gasteiger partial charge on any atom is 0.271 e. The van der Waals surface area contributed by atoms with Crippen LogP contribution in [0.15, 0.2) is 22.7 Å². The zero-order chi connectivity index (χ0) is 15.6. The van der Waals surface area contributed by atoms with Crippen molar-refractivity contribution in [2.24, 2.45) is 5.41 Å². The largest absolute Gasteiger partial charge is 0.339 e. The normalized spacial score (nSPS) is 17.1. The smallest absolute Gasteiger partial charge is 0.271 e. The van der Waals surface area contributed by atoms with E-state index in [1.807, 2.05) is 6.92 Å². The number of halogens is 1. The third-order valence-electron chi connectivity index (χ3n) is 3.76. The van der Waals surface area contributed by atoms with E-state index in [-0.39, 0.29) is 22.6 Å². The standard InChI is InChI=1S/C14H14BrN3O3/c1-14(9-16)2-4-17(5-3-14)13(19)10-6-11(15)8-12(7-10)18(20)21/h6-8H,2-5H2,1H3. The zero-order valence-electron chi connectivity index (χ0n) is 11.5. The Morgan fingerprint density at radius 3 is 2.57 bits per heavy atom. The molecule has 7 heteroatoms. The summed E-state index contributed by atoms with van der Waals surface area (Å²) in [5.74, 6) is -0.237. The summed E-state index contributed by atoms with van der Waals surface area (Å²) >= 11 is 3.18. The highest BCUT2D eigenvalue weighted by molar-refractivity contribution is 9.10. The summed E-state index contributed by atoms with van der Waals surface area (Å²) in [4.78, 5) is 24.4. The second-order valence-electron chi connectivity index (χ2n) is 5.42. The third kappa shape index (κ3) is 3.39. The van der Waals surface area contributed by atoms with Crippen molar-refractivity contribution in [3.63, 3.8) is 0 Å². The van der Waals surface area contributed by atoms with Crippen LogP contribution in [0.4, 0.5) is 5.69 Å². The van der Waals surface area contributed by atoms with Crippen LogP contribution in [0.3, 0.4) is 0 Å². The van der Waals surface area contributed by atoms with Gasteiger partial charge >= 0.3 is 0 Å². The summed E-state index contributed by atoms with van der Waals surface area (Å²) in [5.41, 5.74) is -0.219. The van der Waals surface area contributed by atoms with E-state index in [4.69, 9.17) is 5.26 Å².